The lowest BCUT2D eigenvalue weighted by atomic mass is 9.67. The molecule has 4 heteroatoms. The number of benzene rings is 1. The maximum absolute atomic E-state index is 11.1. The second-order valence-electron chi connectivity index (χ2n) is 4.49. The van der Waals surface area contributed by atoms with E-state index in [1.165, 1.54) is 0 Å². The molecule has 1 saturated carbocycles. The van der Waals surface area contributed by atoms with Crippen LogP contribution in [0.3, 0.4) is 0 Å². The van der Waals surface area contributed by atoms with Gasteiger partial charge >= 0.3 is 5.97 Å². The number of hydrogen-bond donors (Lipinski definition) is 1. The minimum atomic E-state index is -0.678. The van der Waals surface area contributed by atoms with Crippen molar-refractivity contribution in [1.29, 1.82) is 0 Å². The van der Waals surface area contributed by atoms with E-state index >= 15 is 0 Å². The second kappa shape index (κ2) is 5.08. The highest BCUT2D eigenvalue weighted by Crippen LogP contribution is 2.44. The smallest absolute Gasteiger partial charge is 0.309 e. The monoisotopic (exact) mass is 298 g/mol. The van der Waals surface area contributed by atoms with Gasteiger partial charge in [0.05, 0.1) is 12.0 Å². The van der Waals surface area contributed by atoms with Gasteiger partial charge in [-0.3, -0.25) is 4.79 Å². The molecule has 1 aromatic rings. The summed E-state index contributed by atoms with van der Waals surface area (Å²) in [6, 6.07) is 7.56. The van der Waals surface area contributed by atoms with Gasteiger partial charge < -0.3 is 9.84 Å². The molecule has 2 rings (SSSR count). The van der Waals surface area contributed by atoms with Crippen molar-refractivity contribution in [2.45, 2.75) is 25.7 Å². The lowest BCUT2D eigenvalue weighted by molar-refractivity contribution is -0.155. The van der Waals surface area contributed by atoms with E-state index in [0.29, 0.717) is 13.0 Å². The van der Waals surface area contributed by atoms with E-state index in [1.807, 2.05) is 24.3 Å². The van der Waals surface area contributed by atoms with Gasteiger partial charge in [-0.25, -0.2) is 0 Å². The Morgan fingerprint density at radius 3 is 2.47 bits per heavy atom. The van der Waals surface area contributed by atoms with Crippen LogP contribution in [0.4, 0.5) is 0 Å². The highest BCUT2D eigenvalue weighted by molar-refractivity contribution is 9.10. The first-order valence-electron chi connectivity index (χ1n) is 5.74. The molecule has 0 atom stereocenters. The number of rotatable bonds is 5. The van der Waals surface area contributed by atoms with Crippen LogP contribution in [-0.2, 0) is 4.79 Å². The van der Waals surface area contributed by atoms with Crippen molar-refractivity contribution >= 4 is 21.9 Å². The molecule has 1 aromatic carbocycles. The van der Waals surface area contributed by atoms with Crippen LogP contribution in [0.2, 0.25) is 0 Å². The summed E-state index contributed by atoms with van der Waals surface area (Å²) in [5.41, 5.74) is -0.518. The maximum atomic E-state index is 11.1. The Bertz CT molecular complexity index is 396. The Balaban J connectivity index is 1.83. The molecule has 0 aliphatic heterocycles. The number of halogens is 1. The highest BCUT2D eigenvalue weighted by Gasteiger charge is 2.43. The van der Waals surface area contributed by atoms with Crippen LogP contribution in [0, 0.1) is 5.41 Å². The summed E-state index contributed by atoms with van der Waals surface area (Å²) < 4.78 is 6.56. The summed E-state index contributed by atoms with van der Waals surface area (Å²) >= 11 is 3.35. The standard InChI is InChI=1S/C13H15BrO3/c14-10-2-4-11(5-3-10)17-9-8-13(12(15)16)6-1-7-13/h2-5H,1,6-9H2,(H,15,16). The van der Waals surface area contributed by atoms with Gasteiger partial charge in [-0.2, -0.15) is 0 Å². The molecule has 0 heterocycles. The van der Waals surface area contributed by atoms with Crippen LogP contribution in [-0.4, -0.2) is 17.7 Å². The molecular formula is C13H15BrO3. The minimum Gasteiger partial charge on any atom is -0.494 e. The van der Waals surface area contributed by atoms with E-state index in [4.69, 9.17) is 9.84 Å². The van der Waals surface area contributed by atoms with Gasteiger partial charge in [0, 0.05) is 4.47 Å². The largest absolute Gasteiger partial charge is 0.494 e. The van der Waals surface area contributed by atoms with Crippen molar-refractivity contribution in [2.24, 2.45) is 5.41 Å². The molecule has 0 unspecified atom stereocenters. The Labute approximate surface area is 109 Å². The first-order chi connectivity index (χ1) is 8.12. The molecule has 0 bridgehead atoms. The van der Waals surface area contributed by atoms with E-state index in [0.717, 1.165) is 29.5 Å². The van der Waals surface area contributed by atoms with E-state index in [1.54, 1.807) is 0 Å². The van der Waals surface area contributed by atoms with Gasteiger partial charge in [-0.15, -0.1) is 0 Å². The molecule has 17 heavy (non-hydrogen) atoms. The van der Waals surface area contributed by atoms with Gasteiger partial charge in [0.2, 0.25) is 0 Å². The number of hydrogen-bond acceptors (Lipinski definition) is 2. The molecule has 0 saturated heterocycles. The van der Waals surface area contributed by atoms with Gasteiger partial charge in [0.15, 0.2) is 0 Å². The summed E-state index contributed by atoms with van der Waals surface area (Å²) in [7, 11) is 0. The molecule has 0 aromatic heterocycles. The minimum absolute atomic E-state index is 0.466. The predicted molar refractivity (Wildman–Crippen MR) is 68.2 cm³/mol. The number of carboxylic acids is 1. The van der Waals surface area contributed by atoms with E-state index in [2.05, 4.69) is 15.9 Å². The quantitative estimate of drug-likeness (QED) is 0.905. The summed E-state index contributed by atoms with van der Waals surface area (Å²) in [4.78, 5) is 11.1. The maximum Gasteiger partial charge on any atom is 0.309 e. The molecule has 1 N–H and O–H groups in total. The zero-order chi connectivity index (χ0) is 12.3. The van der Waals surface area contributed by atoms with Gasteiger partial charge in [0.1, 0.15) is 5.75 Å². The zero-order valence-corrected chi connectivity index (χ0v) is 11.1. The van der Waals surface area contributed by atoms with Crippen molar-refractivity contribution in [3.05, 3.63) is 28.7 Å². The highest BCUT2D eigenvalue weighted by atomic mass is 79.9. The fourth-order valence-corrected chi connectivity index (χ4v) is 2.33. The van der Waals surface area contributed by atoms with Crippen LogP contribution in [0.5, 0.6) is 5.75 Å². The van der Waals surface area contributed by atoms with E-state index in [9.17, 15) is 4.79 Å². The van der Waals surface area contributed by atoms with Crippen LogP contribution in [0.1, 0.15) is 25.7 Å². The fraction of sp³-hybridized carbons (Fsp3) is 0.462. The molecule has 1 aliphatic rings. The first-order valence-corrected chi connectivity index (χ1v) is 6.53. The third kappa shape index (κ3) is 2.80. The molecule has 0 radical (unpaired) electrons. The summed E-state index contributed by atoms with van der Waals surface area (Å²) in [6.45, 7) is 0.466. The van der Waals surface area contributed by atoms with Crippen molar-refractivity contribution < 1.29 is 14.6 Å². The molecule has 3 nitrogen and oxygen atoms in total. The number of carbonyl (C=O) groups is 1. The third-order valence-corrected chi connectivity index (χ3v) is 3.96. The average molecular weight is 299 g/mol. The summed E-state index contributed by atoms with van der Waals surface area (Å²) in [6.07, 6.45) is 3.18. The summed E-state index contributed by atoms with van der Waals surface area (Å²) in [5, 5.41) is 9.16. The lowest BCUT2D eigenvalue weighted by Gasteiger charge is -2.37. The lowest BCUT2D eigenvalue weighted by Crippen LogP contribution is -2.39. The number of ether oxygens (including phenoxy) is 1. The molecule has 1 fully saturated rings. The van der Waals surface area contributed by atoms with Gasteiger partial charge in [-0.05, 0) is 43.5 Å². The fourth-order valence-electron chi connectivity index (χ4n) is 2.07. The Hall–Kier alpha value is -1.03. The van der Waals surface area contributed by atoms with Crippen LogP contribution in [0.25, 0.3) is 0 Å². The Morgan fingerprint density at radius 2 is 2.00 bits per heavy atom. The first kappa shape index (κ1) is 12.4. The van der Waals surface area contributed by atoms with Crippen LogP contribution >= 0.6 is 15.9 Å². The SMILES string of the molecule is O=C(O)C1(CCOc2ccc(Br)cc2)CCC1. The van der Waals surface area contributed by atoms with Crippen molar-refractivity contribution in [2.75, 3.05) is 6.61 Å². The van der Waals surface area contributed by atoms with Crippen LogP contribution in [0.15, 0.2) is 28.7 Å². The Kier molecular flexibility index (Phi) is 3.72. The molecule has 0 amide bonds. The van der Waals surface area contributed by atoms with Crippen molar-refractivity contribution in [3.63, 3.8) is 0 Å². The number of aliphatic carboxylic acids is 1. The van der Waals surface area contributed by atoms with E-state index in [-0.39, 0.29) is 0 Å². The zero-order valence-electron chi connectivity index (χ0n) is 9.49. The topological polar surface area (TPSA) is 46.5 Å². The summed E-state index contributed by atoms with van der Waals surface area (Å²) in [5.74, 6) is 0.108. The van der Waals surface area contributed by atoms with Crippen molar-refractivity contribution in [1.82, 2.24) is 0 Å². The normalized spacial score (nSPS) is 17.2. The second-order valence-corrected chi connectivity index (χ2v) is 5.41. The number of carboxylic acid groups (broad SMARTS) is 1. The third-order valence-electron chi connectivity index (χ3n) is 3.43. The van der Waals surface area contributed by atoms with E-state index < -0.39 is 11.4 Å². The molecule has 92 valence electrons. The van der Waals surface area contributed by atoms with Gasteiger partial charge in [-0.1, -0.05) is 22.4 Å². The molecular weight excluding hydrogens is 284 g/mol. The van der Waals surface area contributed by atoms with Gasteiger partial charge in [0.25, 0.3) is 0 Å². The Morgan fingerprint density at radius 1 is 1.35 bits per heavy atom. The van der Waals surface area contributed by atoms with Crippen molar-refractivity contribution in [3.8, 4) is 5.75 Å². The molecule has 0 spiro atoms. The van der Waals surface area contributed by atoms with Crippen LogP contribution < -0.4 is 4.74 Å². The predicted octanol–water partition coefficient (Wildman–Crippen LogP) is 3.47. The average Bonchev–Trinajstić information content (AvgIpc) is 2.24. The molecule has 1 aliphatic carbocycles.